The fourth-order valence-corrected chi connectivity index (χ4v) is 2.86. The summed E-state index contributed by atoms with van der Waals surface area (Å²) in [6.07, 6.45) is 3.13. The second kappa shape index (κ2) is 6.06. The van der Waals surface area contributed by atoms with Crippen molar-refractivity contribution in [2.75, 3.05) is 12.4 Å². The van der Waals surface area contributed by atoms with E-state index in [0.717, 1.165) is 10.9 Å². The molecule has 2 aromatic heterocycles. The molecule has 0 bridgehead atoms. The first-order chi connectivity index (χ1) is 11.4. The number of aryl methyl sites for hydroxylation is 1. The summed E-state index contributed by atoms with van der Waals surface area (Å²) in [7, 11) is -0.510. The third-order valence-electron chi connectivity index (χ3n) is 3.56. The molecule has 0 aliphatic rings. The number of rotatable bonds is 5. The van der Waals surface area contributed by atoms with Crippen LogP contribution in [0.3, 0.4) is 0 Å². The Labute approximate surface area is 138 Å². The van der Waals surface area contributed by atoms with Gasteiger partial charge in [-0.15, -0.1) is 0 Å². The maximum Gasteiger partial charge on any atom is 0.238 e. The van der Waals surface area contributed by atoms with Crippen LogP contribution in [0, 0.1) is 0 Å². The number of hydrogen-bond donors (Lipinski definition) is 2. The van der Waals surface area contributed by atoms with Crippen LogP contribution >= 0.6 is 0 Å². The largest absolute Gasteiger partial charge is 0.496 e. The number of hydrogen-bond acceptors (Lipinski definition) is 7. The SMILES string of the molecule is COc1cc(S(N)(=O)=O)ccc1CNc1ncnc2c1cnn2C. The summed E-state index contributed by atoms with van der Waals surface area (Å²) in [5, 5.41) is 13.3. The molecule has 3 rings (SSSR count). The number of benzene rings is 1. The van der Waals surface area contributed by atoms with Crippen molar-refractivity contribution in [2.24, 2.45) is 12.2 Å². The fraction of sp³-hybridized carbons (Fsp3) is 0.214. The number of primary sulfonamides is 1. The van der Waals surface area contributed by atoms with E-state index in [0.29, 0.717) is 23.8 Å². The Morgan fingerprint density at radius 1 is 1.33 bits per heavy atom. The molecule has 3 aromatic rings. The predicted molar refractivity (Wildman–Crippen MR) is 88.0 cm³/mol. The van der Waals surface area contributed by atoms with Crippen molar-refractivity contribution in [1.29, 1.82) is 0 Å². The van der Waals surface area contributed by atoms with Crippen LogP contribution in [-0.2, 0) is 23.6 Å². The molecule has 0 saturated carbocycles. The number of aromatic nitrogens is 4. The number of nitrogens with zero attached hydrogens (tertiary/aromatic N) is 4. The molecule has 0 amide bonds. The molecule has 0 aliphatic carbocycles. The molecule has 0 radical (unpaired) electrons. The highest BCUT2D eigenvalue weighted by atomic mass is 32.2. The van der Waals surface area contributed by atoms with Gasteiger partial charge in [-0.25, -0.2) is 23.5 Å². The van der Waals surface area contributed by atoms with Crippen molar-refractivity contribution < 1.29 is 13.2 Å². The average Bonchev–Trinajstić information content (AvgIpc) is 2.94. The second-order valence-electron chi connectivity index (χ2n) is 5.10. The molecule has 0 unspecified atom stereocenters. The number of anilines is 1. The molecular weight excluding hydrogens is 332 g/mol. The summed E-state index contributed by atoms with van der Waals surface area (Å²) < 4.78 is 29.8. The standard InChI is InChI=1S/C14H16N6O3S/c1-20-14-11(7-19-20)13(17-8-18-14)16-6-9-3-4-10(24(15,21)22)5-12(9)23-2/h3-5,7-8H,6H2,1-2H3,(H2,15,21,22)(H,16,17,18). The number of ether oxygens (including phenoxy) is 1. The monoisotopic (exact) mass is 348 g/mol. The zero-order valence-corrected chi connectivity index (χ0v) is 13.9. The van der Waals surface area contributed by atoms with Crippen molar-refractivity contribution in [3.05, 3.63) is 36.3 Å². The third-order valence-corrected chi connectivity index (χ3v) is 4.47. The lowest BCUT2D eigenvalue weighted by molar-refractivity contribution is 0.409. The van der Waals surface area contributed by atoms with Gasteiger partial charge in [0.25, 0.3) is 0 Å². The average molecular weight is 348 g/mol. The van der Waals surface area contributed by atoms with E-state index in [2.05, 4.69) is 20.4 Å². The number of nitrogens with one attached hydrogen (secondary N) is 1. The fourth-order valence-electron chi connectivity index (χ4n) is 2.33. The van der Waals surface area contributed by atoms with Crippen molar-refractivity contribution in [2.45, 2.75) is 11.4 Å². The van der Waals surface area contributed by atoms with Crippen LogP contribution in [0.15, 0.2) is 35.6 Å². The summed E-state index contributed by atoms with van der Waals surface area (Å²) in [6.45, 7) is 0.384. The Bertz CT molecular complexity index is 999. The smallest absolute Gasteiger partial charge is 0.238 e. The molecule has 24 heavy (non-hydrogen) atoms. The first-order valence-corrected chi connectivity index (χ1v) is 8.51. The highest BCUT2D eigenvalue weighted by Crippen LogP contribution is 2.24. The second-order valence-corrected chi connectivity index (χ2v) is 6.66. The lowest BCUT2D eigenvalue weighted by atomic mass is 10.2. The minimum atomic E-state index is -3.78. The van der Waals surface area contributed by atoms with E-state index in [1.54, 1.807) is 24.0 Å². The summed E-state index contributed by atoms with van der Waals surface area (Å²) >= 11 is 0. The van der Waals surface area contributed by atoms with E-state index in [4.69, 9.17) is 9.88 Å². The van der Waals surface area contributed by atoms with Gasteiger partial charge in [-0.3, -0.25) is 4.68 Å². The van der Waals surface area contributed by atoms with E-state index in [-0.39, 0.29) is 4.90 Å². The van der Waals surface area contributed by atoms with Crippen molar-refractivity contribution in [3.8, 4) is 5.75 Å². The summed E-state index contributed by atoms with van der Waals surface area (Å²) in [5.74, 6) is 1.05. The topological polar surface area (TPSA) is 125 Å². The van der Waals surface area contributed by atoms with Gasteiger partial charge in [0, 0.05) is 25.2 Å². The van der Waals surface area contributed by atoms with Gasteiger partial charge in [0.2, 0.25) is 10.0 Å². The summed E-state index contributed by atoms with van der Waals surface area (Å²) in [5.41, 5.74) is 1.48. The maximum atomic E-state index is 11.4. The molecular formula is C14H16N6O3S. The normalized spacial score (nSPS) is 11.6. The molecule has 9 nitrogen and oxygen atoms in total. The van der Waals surface area contributed by atoms with Crippen LogP contribution in [0.4, 0.5) is 5.82 Å². The van der Waals surface area contributed by atoms with Crippen LogP contribution < -0.4 is 15.2 Å². The quantitative estimate of drug-likeness (QED) is 0.693. The predicted octanol–water partition coefficient (Wildman–Crippen LogP) is 0.631. The minimum absolute atomic E-state index is 0.000198. The molecule has 10 heteroatoms. The number of nitrogens with two attached hydrogens (primary N) is 1. The third kappa shape index (κ3) is 3.01. The van der Waals surface area contributed by atoms with E-state index in [1.165, 1.54) is 25.6 Å². The molecule has 2 heterocycles. The molecule has 0 spiro atoms. The highest BCUT2D eigenvalue weighted by Gasteiger charge is 2.13. The van der Waals surface area contributed by atoms with Crippen LogP contribution in [-0.4, -0.2) is 35.3 Å². The Morgan fingerprint density at radius 3 is 2.83 bits per heavy atom. The van der Waals surface area contributed by atoms with Crippen LogP contribution in [0.25, 0.3) is 11.0 Å². The van der Waals surface area contributed by atoms with E-state index in [1.807, 2.05) is 0 Å². The zero-order valence-electron chi connectivity index (χ0n) is 13.1. The maximum absolute atomic E-state index is 11.4. The van der Waals surface area contributed by atoms with Crippen molar-refractivity contribution in [1.82, 2.24) is 19.7 Å². The Morgan fingerprint density at radius 2 is 2.12 bits per heavy atom. The van der Waals surface area contributed by atoms with Gasteiger partial charge < -0.3 is 10.1 Å². The highest BCUT2D eigenvalue weighted by molar-refractivity contribution is 7.89. The number of fused-ring (bicyclic) bond motifs is 1. The van der Waals surface area contributed by atoms with Crippen LogP contribution in [0.2, 0.25) is 0 Å². The van der Waals surface area contributed by atoms with E-state index in [9.17, 15) is 8.42 Å². The lowest BCUT2D eigenvalue weighted by Crippen LogP contribution is -2.13. The first kappa shape index (κ1) is 16.1. The van der Waals surface area contributed by atoms with Crippen molar-refractivity contribution >= 4 is 26.9 Å². The van der Waals surface area contributed by atoms with Gasteiger partial charge in [0.1, 0.15) is 17.9 Å². The minimum Gasteiger partial charge on any atom is -0.496 e. The Balaban J connectivity index is 1.88. The van der Waals surface area contributed by atoms with E-state index < -0.39 is 10.0 Å². The Kier molecular flexibility index (Phi) is 4.08. The molecule has 0 saturated heterocycles. The van der Waals surface area contributed by atoms with Crippen LogP contribution in [0.5, 0.6) is 5.75 Å². The Hall–Kier alpha value is -2.72. The zero-order chi connectivity index (χ0) is 17.3. The molecule has 1 aromatic carbocycles. The lowest BCUT2D eigenvalue weighted by Gasteiger charge is -2.11. The van der Waals surface area contributed by atoms with Gasteiger partial charge in [0.15, 0.2) is 5.65 Å². The van der Waals surface area contributed by atoms with Crippen molar-refractivity contribution in [3.63, 3.8) is 0 Å². The van der Waals surface area contributed by atoms with Gasteiger partial charge >= 0.3 is 0 Å². The summed E-state index contributed by atoms with van der Waals surface area (Å²) in [4.78, 5) is 8.39. The van der Waals surface area contributed by atoms with Gasteiger partial charge in [0.05, 0.1) is 23.6 Å². The first-order valence-electron chi connectivity index (χ1n) is 6.96. The van der Waals surface area contributed by atoms with Gasteiger partial charge in [-0.05, 0) is 6.07 Å². The molecule has 0 atom stereocenters. The van der Waals surface area contributed by atoms with Gasteiger partial charge in [-0.2, -0.15) is 5.10 Å². The summed E-state index contributed by atoms with van der Waals surface area (Å²) in [6, 6.07) is 4.48. The molecule has 3 N–H and O–H groups in total. The number of sulfonamides is 1. The van der Waals surface area contributed by atoms with E-state index >= 15 is 0 Å². The molecule has 126 valence electrons. The molecule has 0 aliphatic heterocycles. The number of methoxy groups -OCH3 is 1. The van der Waals surface area contributed by atoms with Crippen LogP contribution in [0.1, 0.15) is 5.56 Å². The van der Waals surface area contributed by atoms with Gasteiger partial charge in [-0.1, -0.05) is 6.07 Å². The molecule has 0 fully saturated rings.